The van der Waals surface area contributed by atoms with E-state index in [0.29, 0.717) is 39.9 Å². The summed E-state index contributed by atoms with van der Waals surface area (Å²) in [7, 11) is 6.97. The minimum absolute atomic E-state index is 0.122. The van der Waals surface area contributed by atoms with Crippen molar-refractivity contribution in [2.45, 2.75) is 32.8 Å². The molecule has 0 aliphatic carbocycles. The molecule has 5 rings (SSSR count). The second-order valence-corrected chi connectivity index (χ2v) is 11.5. The molecule has 0 spiro atoms. The summed E-state index contributed by atoms with van der Waals surface area (Å²) in [5.41, 5.74) is 0.327. The quantitative estimate of drug-likeness (QED) is 0.214. The highest BCUT2D eigenvalue weighted by Gasteiger charge is 2.32. The van der Waals surface area contributed by atoms with Gasteiger partial charge in [-0.15, -0.1) is 5.10 Å². The fourth-order valence-electron chi connectivity index (χ4n) is 4.72. The highest BCUT2D eigenvalue weighted by atomic mass is 19.1. The van der Waals surface area contributed by atoms with E-state index in [1.54, 1.807) is 12.1 Å². The first-order valence-corrected chi connectivity index (χ1v) is 13.6. The van der Waals surface area contributed by atoms with Crippen LogP contribution in [0.25, 0.3) is 10.9 Å². The van der Waals surface area contributed by atoms with Gasteiger partial charge in [0.1, 0.15) is 43.1 Å². The molecule has 2 radical (unpaired) electrons. The lowest BCUT2D eigenvalue weighted by molar-refractivity contribution is 0.443. The van der Waals surface area contributed by atoms with Crippen LogP contribution in [0.3, 0.4) is 0 Å². The van der Waals surface area contributed by atoms with E-state index in [4.69, 9.17) is 7.85 Å². The number of pyridine rings is 1. The number of hydrogen-bond donors (Lipinski definition) is 2. The van der Waals surface area contributed by atoms with Crippen LogP contribution in [0.1, 0.15) is 48.7 Å². The van der Waals surface area contributed by atoms with Crippen molar-refractivity contribution in [3.8, 4) is 12.1 Å². The summed E-state index contributed by atoms with van der Waals surface area (Å²) >= 11 is 0. The molecular formula is C32H26BF3N8. The molecule has 1 atom stereocenters. The van der Waals surface area contributed by atoms with Crippen molar-refractivity contribution < 1.29 is 13.2 Å². The van der Waals surface area contributed by atoms with Crippen molar-refractivity contribution in [2.75, 3.05) is 17.2 Å². The highest BCUT2D eigenvalue weighted by Crippen LogP contribution is 2.35. The number of rotatable bonds is 8. The fraction of sp³-hybridized carbons (Fsp3) is 0.219. The Morgan fingerprint density at radius 1 is 0.955 bits per heavy atom. The molecule has 0 aliphatic heterocycles. The van der Waals surface area contributed by atoms with Crippen LogP contribution in [0.4, 0.5) is 24.5 Å². The van der Waals surface area contributed by atoms with Gasteiger partial charge in [0.05, 0.1) is 40.5 Å². The van der Waals surface area contributed by atoms with Crippen LogP contribution >= 0.6 is 0 Å². The number of nitrogens with zero attached hydrogens (tertiary/aromatic N) is 6. The topological polar surface area (TPSA) is 115 Å². The van der Waals surface area contributed by atoms with Crippen molar-refractivity contribution in [3.05, 3.63) is 112 Å². The molecule has 5 aromatic rings. The molecule has 0 aliphatic rings. The van der Waals surface area contributed by atoms with Crippen LogP contribution in [0.15, 0.2) is 67.0 Å². The van der Waals surface area contributed by atoms with Gasteiger partial charge in [-0.2, -0.15) is 10.5 Å². The Kier molecular flexibility index (Phi) is 8.03. The van der Waals surface area contributed by atoms with E-state index in [9.17, 15) is 23.7 Å². The largest absolute Gasteiger partial charge is 0.383 e. The van der Waals surface area contributed by atoms with Gasteiger partial charge in [-0.1, -0.05) is 44.2 Å². The van der Waals surface area contributed by atoms with Gasteiger partial charge in [-0.25, -0.2) is 17.9 Å². The number of anilines is 2. The normalized spacial score (nSPS) is 12.7. The molecule has 2 heterocycles. The highest BCUT2D eigenvalue weighted by molar-refractivity contribution is 6.19. The maximum atomic E-state index is 14.3. The van der Waals surface area contributed by atoms with Gasteiger partial charge in [0.15, 0.2) is 0 Å². The van der Waals surface area contributed by atoms with Crippen LogP contribution < -0.4 is 10.6 Å². The first kappa shape index (κ1) is 30.1. The molecule has 0 amide bonds. The van der Waals surface area contributed by atoms with Gasteiger partial charge in [0.2, 0.25) is 0 Å². The zero-order chi connectivity index (χ0) is 31.6. The summed E-state index contributed by atoms with van der Waals surface area (Å²) in [5.74, 6) is -1.96. The van der Waals surface area contributed by atoms with Crippen LogP contribution in [0.2, 0.25) is 0 Å². The van der Waals surface area contributed by atoms with E-state index < -0.39 is 22.9 Å². The molecule has 218 valence electrons. The zero-order valence-corrected chi connectivity index (χ0v) is 24.2. The lowest BCUT2D eigenvalue weighted by Gasteiger charge is -2.32. The Balaban J connectivity index is 1.63. The molecule has 12 heteroatoms. The van der Waals surface area contributed by atoms with Crippen molar-refractivity contribution in [3.63, 3.8) is 0 Å². The fourth-order valence-corrected chi connectivity index (χ4v) is 4.72. The number of halogens is 3. The first-order chi connectivity index (χ1) is 20.9. The number of aromatic nitrogens is 4. The SMILES string of the molecule is [B]C(Nc1cc(C#N)c2ncc(C#N)c(NCC(C)(C)C)c2c1)(c1ccc(F)cc1)c1cn(Cc2c(F)cccc2F)nn1. The summed E-state index contributed by atoms with van der Waals surface area (Å²) < 4.78 is 43.9. The predicted molar refractivity (Wildman–Crippen MR) is 161 cm³/mol. The maximum absolute atomic E-state index is 14.3. The molecule has 8 nitrogen and oxygen atoms in total. The number of fused-ring (bicyclic) bond motifs is 1. The molecule has 3 aromatic carbocycles. The average molecular weight is 590 g/mol. The van der Waals surface area contributed by atoms with Gasteiger partial charge >= 0.3 is 0 Å². The van der Waals surface area contributed by atoms with Crippen LogP contribution in [-0.2, 0) is 12.0 Å². The summed E-state index contributed by atoms with van der Waals surface area (Å²) in [4.78, 5) is 4.38. The van der Waals surface area contributed by atoms with E-state index in [0.717, 1.165) is 12.1 Å². The molecule has 44 heavy (non-hydrogen) atoms. The molecule has 2 N–H and O–H groups in total. The molecule has 0 saturated heterocycles. The third-order valence-corrected chi connectivity index (χ3v) is 6.97. The molecule has 0 saturated carbocycles. The third-order valence-electron chi connectivity index (χ3n) is 6.97. The monoisotopic (exact) mass is 590 g/mol. The molecular weight excluding hydrogens is 564 g/mol. The summed E-state index contributed by atoms with van der Waals surface area (Å²) in [6.07, 6.45) is 2.85. The number of nitriles is 2. The van der Waals surface area contributed by atoms with E-state index in [2.05, 4.69) is 38.1 Å². The number of hydrogen-bond acceptors (Lipinski definition) is 7. The minimum atomic E-state index is -1.65. The average Bonchev–Trinajstić information content (AvgIpc) is 3.46. The van der Waals surface area contributed by atoms with Crippen molar-refractivity contribution in [1.82, 2.24) is 20.0 Å². The molecule has 1 unspecified atom stereocenters. The van der Waals surface area contributed by atoms with E-state index >= 15 is 0 Å². The molecule has 2 aromatic heterocycles. The Bertz CT molecular complexity index is 1920. The van der Waals surface area contributed by atoms with Gasteiger partial charge in [-0.3, -0.25) is 4.98 Å². The van der Waals surface area contributed by atoms with E-state index in [1.165, 1.54) is 47.4 Å². The Morgan fingerprint density at radius 2 is 1.64 bits per heavy atom. The van der Waals surface area contributed by atoms with Crippen LogP contribution in [-0.4, -0.2) is 34.4 Å². The lowest BCUT2D eigenvalue weighted by Crippen LogP contribution is -2.38. The minimum Gasteiger partial charge on any atom is -0.383 e. The first-order valence-electron chi connectivity index (χ1n) is 13.6. The maximum Gasteiger partial charge on any atom is 0.131 e. The summed E-state index contributed by atoms with van der Waals surface area (Å²) in [5, 5.41) is 35.1. The summed E-state index contributed by atoms with van der Waals surface area (Å²) in [6.45, 7) is 6.40. The second-order valence-electron chi connectivity index (χ2n) is 11.5. The zero-order valence-electron chi connectivity index (χ0n) is 24.2. The van der Waals surface area contributed by atoms with Crippen LogP contribution in [0, 0.1) is 45.5 Å². The van der Waals surface area contributed by atoms with Gasteiger partial charge in [-0.05, 0) is 47.4 Å². The van der Waals surface area contributed by atoms with Crippen molar-refractivity contribution in [1.29, 1.82) is 10.5 Å². The van der Waals surface area contributed by atoms with Gasteiger partial charge in [0, 0.05) is 29.4 Å². The van der Waals surface area contributed by atoms with Gasteiger partial charge in [0.25, 0.3) is 0 Å². The lowest BCUT2D eigenvalue weighted by atomic mass is 9.69. The predicted octanol–water partition coefficient (Wildman–Crippen LogP) is 5.97. The second kappa shape index (κ2) is 11.7. The standard InChI is InChI=1S/C32H26BF3N8/c1-31(2,3)18-40-30-20(14-38)15-39-29-19(13-37)11-23(12-24(29)30)41-32(33,21-7-9-22(34)10-8-21)28-17-44(43-42-28)16-25-26(35)5-4-6-27(25)36/h4-12,15,17,41H,16,18H2,1-3H3,(H,39,40). The number of benzene rings is 3. The van der Waals surface area contributed by atoms with E-state index in [-0.39, 0.29) is 28.8 Å². The Hall–Kier alpha value is -5.36. The Labute approximate surface area is 253 Å². The molecule has 0 bridgehead atoms. The molecule has 0 fully saturated rings. The van der Waals surface area contributed by atoms with Crippen molar-refractivity contribution >= 4 is 30.1 Å². The van der Waals surface area contributed by atoms with Crippen molar-refractivity contribution in [2.24, 2.45) is 5.41 Å². The summed E-state index contributed by atoms with van der Waals surface area (Å²) in [6, 6.07) is 16.5. The van der Waals surface area contributed by atoms with Crippen LogP contribution in [0.5, 0.6) is 0 Å². The smallest absolute Gasteiger partial charge is 0.131 e. The number of nitrogens with one attached hydrogen (secondary N) is 2. The van der Waals surface area contributed by atoms with Gasteiger partial charge < -0.3 is 10.6 Å². The Morgan fingerprint density at radius 3 is 2.27 bits per heavy atom. The third kappa shape index (κ3) is 6.06. The van der Waals surface area contributed by atoms with E-state index in [1.807, 2.05) is 20.8 Å².